The number of methoxy groups -OCH3 is 3. The fourth-order valence-corrected chi connectivity index (χ4v) is 2.01. The van der Waals surface area contributed by atoms with Crippen LogP contribution in [0.25, 0.3) is 0 Å². The number of carbonyl (C=O) groups is 3. The zero-order valence-corrected chi connectivity index (χ0v) is 12.1. The predicted octanol–water partition coefficient (Wildman–Crippen LogP) is 1.35. The van der Waals surface area contributed by atoms with Crippen LogP contribution in [0.3, 0.4) is 0 Å². The molecule has 0 aromatic rings. The molecule has 0 radical (unpaired) electrons. The molecule has 0 aromatic heterocycles. The molecule has 1 aliphatic rings. The second-order valence-corrected chi connectivity index (χ2v) is 4.09. The van der Waals surface area contributed by atoms with Crippen molar-refractivity contribution >= 4 is 18.0 Å². The van der Waals surface area contributed by atoms with Crippen molar-refractivity contribution in [2.24, 2.45) is 0 Å². The summed E-state index contributed by atoms with van der Waals surface area (Å²) in [5, 5.41) is 0. The second kappa shape index (κ2) is 6.23. The van der Waals surface area contributed by atoms with Crippen LogP contribution in [-0.4, -0.2) is 44.3 Å². The van der Waals surface area contributed by atoms with Crippen molar-refractivity contribution < 1.29 is 28.6 Å². The van der Waals surface area contributed by atoms with Crippen molar-refractivity contribution in [3.05, 3.63) is 22.5 Å². The molecular weight excluding hydrogens is 266 g/mol. The number of esters is 2. The standard InChI is InChI=1S/C13H17NO6/c1-7-9(11(15)18-3)6-10(12(16)19-4)8(2)14(7)13(17)20-5/h6H2,1-5H3. The van der Waals surface area contributed by atoms with Crippen LogP contribution in [0.1, 0.15) is 20.3 Å². The zero-order valence-electron chi connectivity index (χ0n) is 12.1. The molecular formula is C13H17NO6. The molecule has 0 fully saturated rings. The highest BCUT2D eigenvalue weighted by Gasteiger charge is 2.34. The van der Waals surface area contributed by atoms with Gasteiger partial charge in [0.25, 0.3) is 0 Å². The van der Waals surface area contributed by atoms with E-state index < -0.39 is 18.0 Å². The summed E-state index contributed by atoms with van der Waals surface area (Å²) in [5.74, 6) is -1.21. The minimum atomic E-state index is -0.692. The third kappa shape index (κ3) is 2.66. The predicted molar refractivity (Wildman–Crippen MR) is 68.3 cm³/mol. The van der Waals surface area contributed by atoms with Gasteiger partial charge in [-0.3, -0.25) is 4.90 Å². The van der Waals surface area contributed by atoms with E-state index in [1.807, 2.05) is 0 Å². The number of ether oxygens (including phenoxy) is 3. The Morgan fingerprint density at radius 2 is 1.25 bits per heavy atom. The van der Waals surface area contributed by atoms with Gasteiger partial charge in [-0.25, -0.2) is 14.4 Å². The molecule has 110 valence electrons. The first-order chi connectivity index (χ1) is 9.38. The Kier molecular flexibility index (Phi) is 4.90. The first kappa shape index (κ1) is 15.7. The van der Waals surface area contributed by atoms with E-state index in [0.29, 0.717) is 11.4 Å². The highest BCUT2D eigenvalue weighted by molar-refractivity contribution is 5.98. The number of allylic oxidation sites excluding steroid dienone is 2. The Balaban J connectivity index is 3.38. The molecule has 0 saturated carbocycles. The molecule has 20 heavy (non-hydrogen) atoms. The fraction of sp³-hybridized carbons (Fsp3) is 0.462. The zero-order chi connectivity index (χ0) is 15.4. The number of amides is 1. The van der Waals surface area contributed by atoms with Gasteiger partial charge in [0.1, 0.15) is 0 Å². The van der Waals surface area contributed by atoms with E-state index in [9.17, 15) is 14.4 Å². The molecule has 1 aliphatic heterocycles. The molecule has 0 bridgehead atoms. The van der Waals surface area contributed by atoms with Gasteiger partial charge in [0.05, 0.1) is 32.5 Å². The molecule has 1 heterocycles. The molecule has 7 nitrogen and oxygen atoms in total. The van der Waals surface area contributed by atoms with Crippen molar-refractivity contribution in [2.75, 3.05) is 21.3 Å². The summed E-state index contributed by atoms with van der Waals surface area (Å²) in [6, 6.07) is 0. The van der Waals surface area contributed by atoms with Crippen molar-refractivity contribution in [3.63, 3.8) is 0 Å². The van der Waals surface area contributed by atoms with E-state index in [0.717, 1.165) is 4.90 Å². The molecule has 1 rings (SSSR count). The topological polar surface area (TPSA) is 82.1 Å². The summed E-state index contributed by atoms with van der Waals surface area (Å²) in [5.41, 5.74) is 1.16. The van der Waals surface area contributed by atoms with Gasteiger partial charge in [-0.2, -0.15) is 0 Å². The summed E-state index contributed by atoms with van der Waals surface area (Å²) in [7, 11) is 3.68. The van der Waals surface area contributed by atoms with Gasteiger partial charge >= 0.3 is 18.0 Å². The number of nitrogens with zero attached hydrogens (tertiary/aromatic N) is 1. The summed E-state index contributed by atoms with van der Waals surface area (Å²) in [6.45, 7) is 3.17. The highest BCUT2D eigenvalue weighted by atomic mass is 16.5. The molecule has 0 saturated heterocycles. The Bertz CT molecular complexity index is 479. The maximum Gasteiger partial charge on any atom is 0.418 e. The fourth-order valence-electron chi connectivity index (χ4n) is 2.01. The van der Waals surface area contributed by atoms with Crippen LogP contribution >= 0.6 is 0 Å². The molecule has 1 amide bonds. The summed E-state index contributed by atoms with van der Waals surface area (Å²) >= 11 is 0. The minimum absolute atomic E-state index is 0.0461. The SMILES string of the molecule is COC(=O)C1=C(C)N(C(=O)OC)C(C)=C(C(=O)OC)C1. The van der Waals surface area contributed by atoms with E-state index in [2.05, 4.69) is 14.2 Å². The average molecular weight is 283 g/mol. The minimum Gasteiger partial charge on any atom is -0.466 e. The summed E-state index contributed by atoms with van der Waals surface area (Å²) < 4.78 is 14.0. The van der Waals surface area contributed by atoms with Gasteiger partial charge in [0.2, 0.25) is 0 Å². The highest BCUT2D eigenvalue weighted by Crippen LogP contribution is 2.32. The van der Waals surface area contributed by atoms with Gasteiger partial charge in [-0.05, 0) is 13.8 Å². The van der Waals surface area contributed by atoms with Crippen LogP contribution < -0.4 is 0 Å². The van der Waals surface area contributed by atoms with Gasteiger partial charge in [0.15, 0.2) is 0 Å². The third-order valence-corrected chi connectivity index (χ3v) is 3.12. The van der Waals surface area contributed by atoms with Gasteiger partial charge in [0, 0.05) is 17.8 Å². The Morgan fingerprint density at radius 1 is 0.850 bits per heavy atom. The lowest BCUT2D eigenvalue weighted by Gasteiger charge is -2.30. The van der Waals surface area contributed by atoms with Crippen LogP contribution in [0, 0.1) is 0 Å². The van der Waals surface area contributed by atoms with Crippen LogP contribution in [-0.2, 0) is 23.8 Å². The van der Waals surface area contributed by atoms with Crippen molar-refractivity contribution in [1.29, 1.82) is 0 Å². The number of carbonyl (C=O) groups excluding carboxylic acids is 3. The normalized spacial score (nSPS) is 15.2. The van der Waals surface area contributed by atoms with Crippen LogP contribution in [0.5, 0.6) is 0 Å². The quantitative estimate of drug-likeness (QED) is 0.562. The van der Waals surface area contributed by atoms with E-state index in [4.69, 9.17) is 0 Å². The Labute approximate surface area is 116 Å². The maximum atomic E-state index is 11.8. The number of hydrogen-bond donors (Lipinski definition) is 0. The first-order valence-electron chi connectivity index (χ1n) is 5.83. The van der Waals surface area contributed by atoms with Gasteiger partial charge in [-0.15, -0.1) is 0 Å². The smallest absolute Gasteiger partial charge is 0.418 e. The lowest BCUT2D eigenvalue weighted by atomic mass is 9.97. The summed E-state index contributed by atoms with van der Waals surface area (Å²) in [6.07, 6.45) is -0.646. The average Bonchev–Trinajstić information content (AvgIpc) is 2.45. The van der Waals surface area contributed by atoms with Crippen molar-refractivity contribution in [2.45, 2.75) is 20.3 Å². The van der Waals surface area contributed by atoms with E-state index in [1.54, 1.807) is 13.8 Å². The molecule has 0 aromatic carbocycles. The van der Waals surface area contributed by atoms with Crippen LogP contribution in [0.4, 0.5) is 4.79 Å². The Hall–Kier alpha value is -2.31. The molecule has 0 aliphatic carbocycles. The largest absolute Gasteiger partial charge is 0.466 e. The van der Waals surface area contributed by atoms with Crippen LogP contribution in [0.15, 0.2) is 22.5 Å². The molecule has 0 spiro atoms. The maximum absolute atomic E-state index is 11.8. The number of hydrogen-bond acceptors (Lipinski definition) is 6. The van der Waals surface area contributed by atoms with Crippen molar-refractivity contribution in [1.82, 2.24) is 4.90 Å². The molecule has 0 N–H and O–H groups in total. The molecule has 7 heteroatoms. The molecule has 0 unspecified atom stereocenters. The van der Waals surface area contributed by atoms with Gasteiger partial charge in [-0.1, -0.05) is 0 Å². The monoisotopic (exact) mass is 283 g/mol. The molecule has 0 atom stereocenters. The van der Waals surface area contributed by atoms with Gasteiger partial charge < -0.3 is 14.2 Å². The lowest BCUT2D eigenvalue weighted by molar-refractivity contribution is -0.137. The van der Waals surface area contributed by atoms with Crippen LogP contribution in [0.2, 0.25) is 0 Å². The van der Waals surface area contributed by atoms with E-state index >= 15 is 0 Å². The Morgan fingerprint density at radius 3 is 1.55 bits per heavy atom. The number of rotatable bonds is 2. The third-order valence-electron chi connectivity index (χ3n) is 3.12. The lowest BCUT2D eigenvalue weighted by Crippen LogP contribution is -2.35. The van der Waals surface area contributed by atoms with Crippen molar-refractivity contribution in [3.8, 4) is 0 Å². The van der Waals surface area contributed by atoms with E-state index in [-0.39, 0.29) is 17.6 Å². The second-order valence-electron chi connectivity index (χ2n) is 4.09. The van der Waals surface area contributed by atoms with E-state index in [1.165, 1.54) is 21.3 Å². The summed E-state index contributed by atoms with van der Waals surface area (Å²) in [4.78, 5) is 36.5. The first-order valence-corrected chi connectivity index (χ1v) is 5.83.